The average molecular weight is 466 g/mol. The quantitative estimate of drug-likeness (QED) is 0.560. The molecule has 2 aromatic carbocycles. The molecule has 3 nitrogen and oxygen atoms in total. The molecule has 0 spiro atoms. The summed E-state index contributed by atoms with van der Waals surface area (Å²) in [7, 11) is 2.13. The van der Waals surface area contributed by atoms with Gasteiger partial charge in [-0.15, -0.1) is 0 Å². The predicted octanol–water partition coefficient (Wildman–Crippen LogP) is 5.29. The fraction of sp³-hybridized carbons (Fsp3) is 0.350. The monoisotopic (exact) mass is 464 g/mol. The molecule has 0 radical (unpaired) electrons. The molecule has 0 aliphatic carbocycles. The van der Waals surface area contributed by atoms with E-state index in [1.54, 1.807) is 0 Å². The van der Waals surface area contributed by atoms with E-state index in [2.05, 4.69) is 87.1 Å². The van der Waals surface area contributed by atoms with Gasteiger partial charge in [-0.3, -0.25) is 4.99 Å². The van der Waals surface area contributed by atoms with Crippen molar-refractivity contribution in [2.45, 2.75) is 19.4 Å². The van der Waals surface area contributed by atoms with E-state index in [0.29, 0.717) is 13.2 Å². The van der Waals surface area contributed by atoms with Crippen molar-refractivity contribution >= 4 is 43.3 Å². The van der Waals surface area contributed by atoms with Crippen LogP contribution >= 0.6 is 31.9 Å². The van der Waals surface area contributed by atoms with E-state index < -0.39 is 0 Å². The third-order valence-corrected chi connectivity index (χ3v) is 5.57. The Balaban J connectivity index is 2.05. The van der Waals surface area contributed by atoms with Crippen LogP contribution in [-0.4, -0.2) is 38.6 Å². The van der Waals surface area contributed by atoms with Crippen molar-refractivity contribution in [3.63, 3.8) is 0 Å². The van der Waals surface area contributed by atoms with Crippen molar-refractivity contribution in [2.24, 2.45) is 4.99 Å². The summed E-state index contributed by atoms with van der Waals surface area (Å²) in [5.41, 5.74) is 4.46. The van der Waals surface area contributed by atoms with Crippen LogP contribution in [-0.2, 0) is 4.74 Å². The molecule has 2 aromatic rings. The number of halogens is 2. The van der Waals surface area contributed by atoms with Gasteiger partial charge in [0.15, 0.2) is 0 Å². The number of likely N-dealkylation sites (N-methyl/N-ethyl adjacent to an activating group) is 1. The van der Waals surface area contributed by atoms with Gasteiger partial charge in [0.05, 0.1) is 24.9 Å². The summed E-state index contributed by atoms with van der Waals surface area (Å²) < 4.78 is 7.94. The summed E-state index contributed by atoms with van der Waals surface area (Å²) in [4.78, 5) is 7.29. The second-order valence-corrected chi connectivity index (χ2v) is 7.94. The van der Waals surface area contributed by atoms with Gasteiger partial charge in [0.2, 0.25) is 0 Å². The van der Waals surface area contributed by atoms with E-state index >= 15 is 0 Å². The number of benzodiazepines with no additional fused rings is 1. The molecule has 0 saturated heterocycles. The lowest BCUT2D eigenvalue weighted by Gasteiger charge is -2.28. The van der Waals surface area contributed by atoms with Gasteiger partial charge in [-0.1, -0.05) is 57.0 Å². The minimum Gasteiger partial charge on any atom is -0.379 e. The van der Waals surface area contributed by atoms with Crippen LogP contribution in [0.4, 0.5) is 5.69 Å². The van der Waals surface area contributed by atoms with Gasteiger partial charge >= 0.3 is 0 Å². The zero-order valence-corrected chi connectivity index (χ0v) is 17.7. The first-order chi connectivity index (χ1) is 12.1. The number of aliphatic imine (C=N–C) groups is 1. The van der Waals surface area contributed by atoms with Crippen molar-refractivity contribution in [2.75, 3.05) is 31.7 Å². The van der Waals surface area contributed by atoms with E-state index in [4.69, 9.17) is 9.73 Å². The summed E-state index contributed by atoms with van der Waals surface area (Å²) in [6.07, 6.45) is 1.03. The third-order valence-electron chi connectivity index (χ3n) is 4.39. The third kappa shape index (κ3) is 4.15. The van der Waals surface area contributed by atoms with Crippen LogP contribution in [0.1, 0.15) is 24.5 Å². The first kappa shape index (κ1) is 18.6. The molecular formula is C20H22Br2N2O. The van der Waals surface area contributed by atoms with E-state index in [9.17, 15) is 0 Å². The highest BCUT2D eigenvalue weighted by atomic mass is 79.9. The van der Waals surface area contributed by atoms with Gasteiger partial charge in [0.1, 0.15) is 0 Å². The van der Waals surface area contributed by atoms with Gasteiger partial charge in [-0.25, -0.2) is 0 Å². The molecule has 0 bridgehead atoms. The van der Waals surface area contributed by atoms with E-state index in [0.717, 1.165) is 38.8 Å². The molecule has 5 heteroatoms. The van der Waals surface area contributed by atoms with Crippen LogP contribution in [0.2, 0.25) is 0 Å². The van der Waals surface area contributed by atoms with Gasteiger partial charge in [0, 0.05) is 39.4 Å². The summed E-state index contributed by atoms with van der Waals surface area (Å²) in [5, 5.41) is 0. The SMILES string of the molecule is CCCOCC1CN=C(c2ccccc2Br)c2cc(Br)ccc2N1C. The summed E-state index contributed by atoms with van der Waals surface area (Å²) in [6.45, 7) is 4.32. The number of fused-ring (bicyclic) bond motifs is 1. The van der Waals surface area contributed by atoms with Crippen molar-refractivity contribution < 1.29 is 4.74 Å². The topological polar surface area (TPSA) is 24.8 Å². The average Bonchev–Trinajstić information content (AvgIpc) is 2.73. The summed E-state index contributed by atoms with van der Waals surface area (Å²) in [5.74, 6) is 0. The fourth-order valence-corrected chi connectivity index (χ4v) is 3.85. The number of ether oxygens (including phenoxy) is 1. The summed E-state index contributed by atoms with van der Waals surface area (Å²) in [6, 6.07) is 14.9. The number of anilines is 1. The lowest BCUT2D eigenvalue weighted by Crippen LogP contribution is -2.37. The van der Waals surface area contributed by atoms with E-state index in [1.165, 1.54) is 5.69 Å². The molecule has 132 valence electrons. The zero-order valence-electron chi connectivity index (χ0n) is 14.5. The molecule has 1 atom stereocenters. The first-order valence-electron chi connectivity index (χ1n) is 8.51. The molecule has 0 saturated carbocycles. The second-order valence-electron chi connectivity index (χ2n) is 6.17. The standard InChI is InChI=1S/C20H22Br2N2O/c1-3-10-25-13-15-12-23-20(16-6-4-5-7-18(16)22)17-11-14(21)8-9-19(17)24(15)2/h4-9,11,15H,3,10,12-13H2,1-2H3. The van der Waals surface area contributed by atoms with Crippen LogP contribution < -0.4 is 4.90 Å². The molecule has 1 unspecified atom stereocenters. The maximum Gasteiger partial charge on any atom is 0.0752 e. The van der Waals surface area contributed by atoms with Crippen LogP contribution in [0.3, 0.4) is 0 Å². The van der Waals surface area contributed by atoms with Crippen LogP contribution in [0.25, 0.3) is 0 Å². The minimum atomic E-state index is 0.228. The van der Waals surface area contributed by atoms with Gasteiger partial charge in [-0.2, -0.15) is 0 Å². The van der Waals surface area contributed by atoms with Crippen molar-refractivity contribution in [1.29, 1.82) is 0 Å². The maximum atomic E-state index is 5.82. The molecular weight excluding hydrogens is 444 g/mol. The molecule has 0 fully saturated rings. The molecule has 0 N–H and O–H groups in total. The van der Waals surface area contributed by atoms with Gasteiger partial charge in [-0.05, 0) is 30.7 Å². The second kappa shape index (κ2) is 8.47. The number of hydrogen-bond donors (Lipinski definition) is 0. The number of nitrogens with zero attached hydrogens (tertiary/aromatic N) is 2. The van der Waals surface area contributed by atoms with E-state index in [-0.39, 0.29) is 6.04 Å². The number of rotatable bonds is 5. The highest BCUT2D eigenvalue weighted by Gasteiger charge is 2.25. The Kier molecular flexibility index (Phi) is 6.31. The zero-order chi connectivity index (χ0) is 17.8. The molecule has 25 heavy (non-hydrogen) atoms. The Bertz CT molecular complexity index is 776. The first-order valence-corrected chi connectivity index (χ1v) is 10.1. The molecule has 1 heterocycles. The van der Waals surface area contributed by atoms with E-state index in [1.807, 2.05) is 6.07 Å². The molecule has 0 aromatic heterocycles. The Morgan fingerprint density at radius 1 is 1.16 bits per heavy atom. The van der Waals surface area contributed by atoms with Crippen LogP contribution in [0.15, 0.2) is 56.4 Å². The lowest BCUT2D eigenvalue weighted by atomic mass is 10.0. The minimum absolute atomic E-state index is 0.228. The Hall–Kier alpha value is -1.17. The Labute approximate surface area is 166 Å². The molecule has 0 amide bonds. The fourth-order valence-electron chi connectivity index (χ4n) is 3.02. The normalized spacial score (nSPS) is 17.0. The van der Waals surface area contributed by atoms with Gasteiger partial charge < -0.3 is 9.64 Å². The van der Waals surface area contributed by atoms with Crippen molar-refractivity contribution in [3.05, 3.63) is 62.5 Å². The Morgan fingerprint density at radius 3 is 2.72 bits per heavy atom. The smallest absolute Gasteiger partial charge is 0.0752 e. The largest absolute Gasteiger partial charge is 0.379 e. The van der Waals surface area contributed by atoms with Crippen molar-refractivity contribution in [3.8, 4) is 0 Å². The molecule has 3 rings (SSSR count). The Morgan fingerprint density at radius 2 is 1.96 bits per heavy atom. The van der Waals surface area contributed by atoms with Crippen molar-refractivity contribution in [1.82, 2.24) is 0 Å². The van der Waals surface area contributed by atoms with Gasteiger partial charge in [0.25, 0.3) is 0 Å². The maximum absolute atomic E-state index is 5.82. The highest BCUT2D eigenvalue weighted by Crippen LogP contribution is 2.32. The number of benzene rings is 2. The molecule has 1 aliphatic rings. The molecule has 1 aliphatic heterocycles. The number of hydrogen-bond acceptors (Lipinski definition) is 3. The lowest BCUT2D eigenvalue weighted by molar-refractivity contribution is 0.122. The summed E-state index contributed by atoms with van der Waals surface area (Å²) >= 11 is 7.29. The predicted molar refractivity (Wildman–Crippen MR) is 112 cm³/mol. The van der Waals surface area contributed by atoms with Crippen LogP contribution in [0.5, 0.6) is 0 Å². The highest BCUT2D eigenvalue weighted by molar-refractivity contribution is 9.10. The van der Waals surface area contributed by atoms with Crippen LogP contribution in [0, 0.1) is 0 Å².